The predicted octanol–water partition coefficient (Wildman–Crippen LogP) is 2.34. The zero-order valence-electron chi connectivity index (χ0n) is 9.72. The number of ketones is 1. The highest BCUT2D eigenvalue weighted by Gasteiger charge is 2.19. The summed E-state index contributed by atoms with van der Waals surface area (Å²) in [6.07, 6.45) is 0.380. The molecule has 6 heteroatoms. The molecule has 0 fully saturated rings. The number of Topliss-reactive ketones (excluding diaryl/α,β-unsaturated/α-hetero) is 1. The number of carboxylic acids is 1. The lowest BCUT2D eigenvalue weighted by Crippen LogP contribution is -2.12. The van der Waals surface area contributed by atoms with E-state index in [0.29, 0.717) is 5.56 Å². The Labute approximate surface area is 114 Å². The normalized spacial score (nSPS) is 12.2. The molecule has 1 atom stereocenters. The largest absolute Gasteiger partial charge is 0.479 e. The summed E-state index contributed by atoms with van der Waals surface area (Å²) in [5.74, 6) is -1.30. The second-order valence-corrected chi connectivity index (χ2v) is 4.79. The summed E-state index contributed by atoms with van der Waals surface area (Å²) in [6.45, 7) is 0. The van der Waals surface area contributed by atoms with Gasteiger partial charge in [0.1, 0.15) is 0 Å². The molecule has 0 heterocycles. The van der Waals surface area contributed by atoms with E-state index in [2.05, 4.69) is 0 Å². The summed E-state index contributed by atoms with van der Waals surface area (Å²) >= 11 is 6.91. The number of thioether (sulfide) groups is 1. The summed E-state index contributed by atoms with van der Waals surface area (Å²) in [7, 11) is 0. The molecular weight excluding hydrogens is 276 g/mol. The fourth-order valence-electron chi connectivity index (χ4n) is 1.48. The van der Waals surface area contributed by atoms with Crippen LogP contribution in [0.15, 0.2) is 23.1 Å². The third-order valence-corrected chi connectivity index (χ3v) is 3.38. The zero-order chi connectivity index (χ0) is 13.7. The summed E-state index contributed by atoms with van der Waals surface area (Å²) in [5.41, 5.74) is 0.596. The molecule has 0 spiro atoms. The molecule has 1 aromatic carbocycles. The van der Waals surface area contributed by atoms with Crippen LogP contribution in [0.2, 0.25) is 0 Å². The summed E-state index contributed by atoms with van der Waals surface area (Å²) in [4.78, 5) is 23.3. The van der Waals surface area contributed by atoms with Crippen LogP contribution < -0.4 is 0 Å². The molecule has 18 heavy (non-hydrogen) atoms. The van der Waals surface area contributed by atoms with Gasteiger partial charge in [0, 0.05) is 22.8 Å². The van der Waals surface area contributed by atoms with Crippen LogP contribution in [0, 0.1) is 0 Å². The first-order valence-electron chi connectivity index (χ1n) is 5.19. The number of rotatable bonds is 6. The van der Waals surface area contributed by atoms with Crippen molar-refractivity contribution in [2.24, 2.45) is 0 Å². The number of hydrogen-bond donors (Lipinski definition) is 2. The zero-order valence-corrected chi connectivity index (χ0v) is 11.3. The van der Waals surface area contributed by atoms with Crippen molar-refractivity contribution in [2.45, 2.75) is 17.4 Å². The number of aliphatic hydroxyl groups is 1. The SMILES string of the molecule is CSc1ccc(C(O)C(=O)O)cc1C(=O)CCCl. The van der Waals surface area contributed by atoms with Gasteiger partial charge in [-0.15, -0.1) is 23.4 Å². The van der Waals surface area contributed by atoms with Crippen LogP contribution in [0.5, 0.6) is 0 Å². The molecule has 1 aromatic rings. The number of aliphatic hydroxyl groups excluding tert-OH is 1. The van der Waals surface area contributed by atoms with E-state index in [4.69, 9.17) is 16.7 Å². The van der Waals surface area contributed by atoms with E-state index in [-0.39, 0.29) is 23.6 Å². The molecule has 0 amide bonds. The van der Waals surface area contributed by atoms with Crippen LogP contribution in [0.4, 0.5) is 0 Å². The molecule has 4 nitrogen and oxygen atoms in total. The minimum atomic E-state index is -1.62. The van der Waals surface area contributed by atoms with Crippen molar-refractivity contribution in [3.63, 3.8) is 0 Å². The van der Waals surface area contributed by atoms with Crippen molar-refractivity contribution < 1.29 is 19.8 Å². The van der Waals surface area contributed by atoms with E-state index in [1.807, 2.05) is 6.26 Å². The Morgan fingerprint density at radius 3 is 2.61 bits per heavy atom. The van der Waals surface area contributed by atoms with Crippen molar-refractivity contribution in [3.8, 4) is 0 Å². The number of aliphatic carboxylic acids is 1. The number of halogens is 1. The molecule has 1 unspecified atom stereocenters. The van der Waals surface area contributed by atoms with E-state index < -0.39 is 12.1 Å². The maximum Gasteiger partial charge on any atom is 0.337 e. The van der Waals surface area contributed by atoms with Crippen molar-refractivity contribution in [3.05, 3.63) is 29.3 Å². The number of benzene rings is 1. The molecule has 1 rings (SSSR count). The number of carbonyl (C=O) groups is 2. The van der Waals surface area contributed by atoms with Gasteiger partial charge in [0.25, 0.3) is 0 Å². The minimum Gasteiger partial charge on any atom is -0.479 e. The van der Waals surface area contributed by atoms with Crippen LogP contribution >= 0.6 is 23.4 Å². The lowest BCUT2D eigenvalue weighted by atomic mass is 10.0. The van der Waals surface area contributed by atoms with Crippen LogP contribution in [0.25, 0.3) is 0 Å². The number of carbonyl (C=O) groups excluding carboxylic acids is 1. The van der Waals surface area contributed by atoms with E-state index in [1.165, 1.54) is 23.9 Å². The molecule has 98 valence electrons. The van der Waals surface area contributed by atoms with Gasteiger partial charge < -0.3 is 10.2 Å². The van der Waals surface area contributed by atoms with E-state index in [1.54, 1.807) is 6.07 Å². The van der Waals surface area contributed by atoms with E-state index >= 15 is 0 Å². The molecular formula is C12H13ClO4S. The van der Waals surface area contributed by atoms with Gasteiger partial charge >= 0.3 is 5.97 Å². The van der Waals surface area contributed by atoms with Crippen LogP contribution in [-0.2, 0) is 4.79 Å². The second-order valence-electron chi connectivity index (χ2n) is 3.56. The molecule has 0 saturated heterocycles. The van der Waals surface area contributed by atoms with E-state index in [9.17, 15) is 14.7 Å². The first-order chi connectivity index (χ1) is 8.51. The Hall–Kier alpha value is -1.04. The molecule has 0 radical (unpaired) electrons. The fourth-order valence-corrected chi connectivity index (χ4v) is 2.25. The fraction of sp³-hybridized carbons (Fsp3) is 0.333. The average molecular weight is 289 g/mol. The lowest BCUT2D eigenvalue weighted by molar-refractivity contribution is -0.146. The Bertz CT molecular complexity index is 461. The van der Waals surface area contributed by atoms with Crippen molar-refractivity contribution in [2.75, 3.05) is 12.1 Å². The van der Waals surface area contributed by atoms with Crippen molar-refractivity contribution >= 4 is 35.1 Å². The summed E-state index contributed by atoms with van der Waals surface area (Å²) in [6, 6.07) is 4.55. The molecule has 0 bridgehead atoms. The first kappa shape index (κ1) is 15.0. The molecule has 0 aliphatic rings. The van der Waals surface area contributed by atoms with Gasteiger partial charge in [0.15, 0.2) is 11.9 Å². The van der Waals surface area contributed by atoms with Gasteiger partial charge in [-0.25, -0.2) is 4.79 Å². The summed E-state index contributed by atoms with van der Waals surface area (Å²) < 4.78 is 0. The molecule has 0 aromatic heterocycles. The third-order valence-electron chi connectivity index (χ3n) is 2.40. The molecule has 0 aliphatic heterocycles. The first-order valence-corrected chi connectivity index (χ1v) is 6.95. The van der Waals surface area contributed by atoms with Gasteiger partial charge in [-0.05, 0) is 24.0 Å². The number of alkyl halides is 1. The van der Waals surface area contributed by atoms with Crippen LogP contribution in [-0.4, -0.2) is 34.1 Å². The van der Waals surface area contributed by atoms with Gasteiger partial charge in [0.2, 0.25) is 0 Å². The quantitative estimate of drug-likeness (QED) is 0.477. The van der Waals surface area contributed by atoms with Gasteiger partial charge in [-0.2, -0.15) is 0 Å². The van der Waals surface area contributed by atoms with Crippen LogP contribution in [0.3, 0.4) is 0 Å². The van der Waals surface area contributed by atoms with Gasteiger partial charge in [-0.3, -0.25) is 4.79 Å². The topological polar surface area (TPSA) is 74.6 Å². The van der Waals surface area contributed by atoms with Crippen molar-refractivity contribution in [1.29, 1.82) is 0 Å². The number of carboxylic acid groups (broad SMARTS) is 1. The third kappa shape index (κ3) is 3.48. The van der Waals surface area contributed by atoms with Crippen molar-refractivity contribution in [1.82, 2.24) is 0 Å². The highest BCUT2D eigenvalue weighted by molar-refractivity contribution is 7.98. The Morgan fingerprint density at radius 2 is 2.11 bits per heavy atom. The Balaban J connectivity index is 3.17. The highest BCUT2D eigenvalue weighted by Crippen LogP contribution is 2.25. The maximum absolute atomic E-state index is 11.8. The molecule has 0 aliphatic carbocycles. The van der Waals surface area contributed by atoms with Gasteiger partial charge in [-0.1, -0.05) is 6.07 Å². The maximum atomic E-state index is 11.8. The molecule has 0 saturated carbocycles. The number of hydrogen-bond acceptors (Lipinski definition) is 4. The average Bonchev–Trinajstić information content (AvgIpc) is 2.37. The highest BCUT2D eigenvalue weighted by atomic mass is 35.5. The standard InChI is InChI=1S/C12H13ClO4S/c1-18-10-3-2-7(11(15)12(16)17)6-8(10)9(14)4-5-13/h2-3,6,11,15H,4-5H2,1H3,(H,16,17). The monoisotopic (exact) mass is 288 g/mol. The summed E-state index contributed by atoms with van der Waals surface area (Å²) in [5, 5.41) is 18.2. The lowest BCUT2D eigenvalue weighted by Gasteiger charge is -2.11. The molecule has 2 N–H and O–H groups in total. The predicted molar refractivity (Wildman–Crippen MR) is 70.5 cm³/mol. The van der Waals surface area contributed by atoms with Crippen LogP contribution in [0.1, 0.15) is 28.4 Å². The Kier molecular flexibility index (Phi) is 5.65. The van der Waals surface area contributed by atoms with E-state index in [0.717, 1.165) is 4.90 Å². The second kappa shape index (κ2) is 6.78. The Morgan fingerprint density at radius 1 is 1.44 bits per heavy atom. The smallest absolute Gasteiger partial charge is 0.337 e. The minimum absolute atomic E-state index is 0.159. The van der Waals surface area contributed by atoms with Gasteiger partial charge in [0.05, 0.1) is 0 Å².